The third-order valence-electron chi connectivity index (χ3n) is 5.70. The van der Waals surface area contributed by atoms with Crippen molar-refractivity contribution >= 4 is 38.1 Å². The number of amides is 1. The Hall–Kier alpha value is -2.75. The molecule has 1 amide bonds. The minimum Gasteiger partial charge on any atom is -0.326 e. The number of aromatic nitrogens is 1. The number of nitrogens with zero attached hydrogens (tertiary/aromatic N) is 2. The Labute approximate surface area is 192 Å². The van der Waals surface area contributed by atoms with E-state index >= 15 is 0 Å². The molecule has 3 aromatic rings. The smallest absolute Gasteiger partial charge is 0.263 e. The monoisotopic (exact) mass is 470 g/mol. The van der Waals surface area contributed by atoms with Crippen LogP contribution in [0.1, 0.15) is 24.0 Å². The van der Waals surface area contributed by atoms with E-state index in [0.717, 1.165) is 32.5 Å². The number of thiazole rings is 1. The second-order valence-corrected chi connectivity index (χ2v) is 10.5. The van der Waals surface area contributed by atoms with E-state index in [2.05, 4.69) is 51.1 Å². The van der Waals surface area contributed by atoms with Gasteiger partial charge in [0.15, 0.2) is 5.13 Å². The molecule has 7 nitrogen and oxygen atoms in total. The number of rotatable bonds is 7. The number of carbonyl (C=O) groups is 1. The van der Waals surface area contributed by atoms with Gasteiger partial charge in [0.05, 0.1) is 4.90 Å². The summed E-state index contributed by atoms with van der Waals surface area (Å²) in [7, 11) is -3.70. The molecular formula is C23H26N4O3S2. The summed E-state index contributed by atoms with van der Waals surface area (Å²) in [5.74, 6) is -0.0600. The summed E-state index contributed by atoms with van der Waals surface area (Å²) in [5.41, 5.74) is 3.21. The molecular weight excluding hydrogens is 444 g/mol. The van der Waals surface area contributed by atoms with Crippen molar-refractivity contribution in [1.82, 2.24) is 9.88 Å². The number of hydrogen-bond donors (Lipinski definition) is 2. The summed E-state index contributed by atoms with van der Waals surface area (Å²) < 4.78 is 27.3. The van der Waals surface area contributed by atoms with Crippen LogP contribution in [-0.2, 0) is 21.4 Å². The normalized spacial score (nSPS) is 15.4. The van der Waals surface area contributed by atoms with E-state index in [1.165, 1.54) is 40.8 Å². The summed E-state index contributed by atoms with van der Waals surface area (Å²) in [4.78, 5) is 19.2. The molecule has 0 bridgehead atoms. The predicted octanol–water partition coefficient (Wildman–Crippen LogP) is 4.10. The highest BCUT2D eigenvalue weighted by molar-refractivity contribution is 7.93. The lowest BCUT2D eigenvalue weighted by Gasteiger charge is -2.31. The summed E-state index contributed by atoms with van der Waals surface area (Å²) in [6.07, 6.45) is 3.15. The molecule has 2 heterocycles. The average molecular weight is 471 g/mol. The van der Waals surface area contributed by atoms with Gasteiger partial charge in [-0.05, 0) is 68.2 Å². The molecule has 9 heteroatoms. The molecule has 0 atom stereocenters. The van der Waals surface area contributed by atoms with Gasteiger partial charge in [-0.15, -0.1) is 11.3 Å². The maximum absolute atomic E-state index is 12.7. The van der Waals surface area contributed by atoms with E-state index in [0.29, 0.717) is 10.8 Å². The number of anilines is 2. The SMILES string of the molecule is Cc1ccccc1CN1CCC(C(=O)Nc2ccc(S(=O)(=O)Nc3nccs3)cc2)CC1. The highest BCUT2D eigenvalue weighted by atomic mass is 32.2. The number of sulfonamides is 1. The zero-order chi connectivity index (χ0) is 22.6. The molecule has 32 heavy (non-hydrogen) atoms. The van der Waals surface area contributed by atoms with Gasteiger partial charge in [0.1, 0.15) is 0 Å². The first-order valence-corrected chi connectivity index (χ1v) is 12.9. The molecule has 0 saturated carbocycles. The maximum Gasteiger partial charge on any atom is 0.263 e. The quantitative estimate of drug-likeness (QED) is 0.542. The number of nitrogens with one attached hydrogen (secondary N) is 2. The van der Waals surface area contributed by atoms with Gasteiger partial charge < -0.3 is 5.32 Å². The lowest BCUT2D eigenvalue weighted by atomic mass is 9.95. The predicted molar refractivity (Wildman–Crippen MR) is 127 cm³/mol. The maximum atomic E-state index is 12.7. The number of benzene rings is 2. The zero-order valence-electron chi connectivity index (χ0n) is 17.8. The molecule has 4 rings (SSSR count). The van der Waals surface area contributed by atoms with Gasteiger partial charge in [0, 0.05) is 29.7 Å². The molecule has 1 aliphatic rings. The Morgan fingerprint density at radius 1 is 1.12 bits per heavy atom. The van der Waals surface area contributed by atoms with Crippen molar-refractivity contribution in [3.63, 3.8) is 0 Å². The number of carbonyl (C=O) groups excluding carboxylic acids is 1. The molecule has 2 aromatic carbocycles. The van der Waals surface area contributed by atoms with E-state index in [-0.39, 0.29) is 16.7 Å². The summed E-state index contributed by atoms with van der Waals surface area (Å²) in [5, 5.41) is 4.94. The Morgan fingerprint density at radius 3 is 2.50 bits per heavy atom. The van der Waals surface area contributed by atoms with Crippen LogP contribution in [0.15, 0.2) is 65.0 Å². The lowest BCUT2D eigenvalue weighted by Crippen LogP contribution is -2.37. The average Bonchev–Trinajstić information content (AvgIpc) is 3.28. The number of hydrogen-bond acceptors (Lipinski definition) is 6. The van der Waals surface area contributed by atoms with Crippen LogP contribution in [0.3, 0.4) is 0 Å². The van der Waals surface area contributed by atoms with Crippen molar-refractivity contribution in [2.24, 2.45) is 5.92 Å². The van der Waals surface area contributed by atoms with Crippen molar-refractivity contribution in [2.45, 2.75) is 31.2 Å². The van der Waals surface area contributed by atoms with Gasteiger partial charge in [-0.1, -0.05) is 24.3 Å². The fourth-order valence-electron chi connectivity index (χ4n) is 3.79. The topological polar surface area (TPSA) is 91.4 Å². The molecule has 0 aliphatic carbocycles. The molecule has 1 fully saturated rings. The zero-order valence-corrected chi connectivity index (χ0v) is 19.5. The molecule has 0 radical (unpaired) electrons. The largest absolute Gasteiger partial charge is 0.326 e. The molecule has 1 aliphatic heterocycles. The molecule has 1 saturated heterocycles. The third kappa shape index (κ3) is 5.53. The van der Waals surface area contributed by atoms with Crippen LogP contribution in [-0.4, -0.2) is 37.3 Å². The van der Waals surface area contributed by atoms with Crippen LogP contribution in [0.25, 0.3) is 0 Å². The summed E-state index contributed by atoms with van der Waals surface area (Å²) in [6, 6.07) is 14.6. The molecule has 0 spiro atoms. The fraction of sp³-hybridized carbons (Fsp3) is 0.304. The van der Waals surface area contributed by atoms with Crippen LogP contribution in [0.2, 0.25) is 0 Å². The van der Waals surface area contributed by atoms with Crippen molar-refractivity contribution in [3.05, 3.63) is 71.2 Å². The van der Waals surface area contributed by atoms with Gasteiger partial charge in [0.2, 0.25) is 5.91 Å². The molecule has 2 N–H and O–H groups in total. The molecule has 1 aromatic heterocycles. The van der Waals surface area contributed by atoms with E-state index in [1.54, 1.807) is 17.5 Å². The fourth-order valence-corrected chi connectivity index (χ4v) is 5.58. The summed E-state index contributed by atoms with van der Waals surface area (Å²) >= 11 is 1.21. The standard InChI is InChI=1S/C23H26N4O3S2/c1-17-4-2-3-5-19(17)16-27-13-10-18(11-14-27)22(28)25-20-6-8-21(9-7-20)32(29,30)26-23-24-12-15-31-23/h2-9,12,15,18H,10-11,13-14,16H2,1H3,(H,24,26)(H,25,28). The van der Waals surface area contributed by atoms with Crippen LogP contribution < -0.4 is 10.0 Å². The van der Waals surface area contributed by atoms with E-state index in [9.17, 15) is 13.2 Å². The highest BCUT2D eigenvalue weighted by Crippen LogP contribution is 2.23. The van der Waals surface area contributed by atoms with E-state index in [1.807, 2.05) is 0 Å². The molecule has 0 unspecified atom stereocenters. The first kappa shape index (κ1) is 22.4. The Bertz CT molecular complexity index is 1150. The minimum atomic E-state index is -3.70. The van der Waals surface area contributed by atoms with Crippen molar-refractivity contribution in [2.75, 3.05) is 23.1 Å². The van der Waals surface area contributed by atoms with Crippen molar-refractivity contribution < 1.29 is 13.2 Å². The van der Waals surface area contributed by atoms with Crippen molar-refractivity contribution in [3.8, 4) is 0 Å². The van der Waals surface area contributed by atoms with Crippen LogP contribution in [0.4, 0.5) is 10.8 Å². The molecule has 168 valence electrons. The van der Waals surface area contributed by atoms with Crippen LogP contribution >= 0.6 is 11.3 Å². The Balaban J connectivity index is 1.29. The second-order valence-electron chi connectivity index (χ2n) is 7.93. The van der Waals surface area contributed by atoms with Gasteiger partial charge in [-0.2, -0.15) is 0 Å². The lowest BCUT2D eigenvalue weighted by molar-refractivity contribution is -0.121. The minimum absolute atomic E-state index is 0.0166. The third-order valence-corrected chi connectivity index (χ3v) is 7.87. The Kier molecular flexibility index (Phi) is 6.88. The van der Waals surface area contributed by atoms with Gasteiger partial charge >= 0.3 is 0 Å². The number of piperidine rings is 1. The number of aryl methyl sites for hydroxylation is 1. The Morgan fingerprint density at radius 2 is 1.84 bits per heavy atom. The van der Waals surface area contributed by atoms with Crippen molar-refractivity contribution in [1.29, 1.82) is 0 Å². The van der Waals surface area contributed by atoms with Gasteiger partial charge in [-0.3, -0.25) is 14.4 Å². The van der Waals surface area contributed by atoms with E-state index < -0.39 is 10.0 Å². The van der Waals surface area contributed by atoms with E-state index in [4.69, 9.17) is 0 Å². The van der Waals surface area contributed by atoms with Crippen LogP contribution in [0, 0.1) is 12.8 Å². The first-order chi connectivity index (χ1) is 15.4. The number of likely N-dealkylation sites (tertiary alicyclic amines) is 1. The van der Waals surface area contributed by atoms with Crippen LogP contribution in [0.5, 0.6) is 0 Å². The van der Waals surface area contributed by atoms with Gasteiger partial charge in [0.25, 0.3) is 10.0 Å². The first-order valence-electron chi connectivity index (χ1n) is 10.5. The van der Waals surface area contributed by atoms with Gasteiger partial charge in [-0.25, -0.2) is 13.4 Å². The second kappa shape index (κ2) is 9.81. The highest BCUT2D eigenvalue weighted by Gasteiger charge is 2.25. The summed E-state index contributed by atoms with van der Waals surface area (Å²) in [6.45, 7) is 4.80.